The Bertz CT molecular complexity index is 80.8. The van der Waals surface area contributed by atoms with Gasteiger partial charge in [0.1, 0.15) is 0 Å². The van der Waals surface area contributed by atoms with Crippen LogP contribution in [0.1, 0.15) is 13.8 Å². The predicted molar refractivity (Wildman–Crippen MR) is 34.4 cm³/mol. The number of rotatable bonds is 0. The van der Waals surface area contributed by atoms with Crippen molar-refractivity contribution in [2.75, 3.05) is 0 Å². The molecule has 0 fully saturated rings. The molecule has 0 aliphatic carbocycles. The van der Waals surface area contributed by atoms with Crippen molar-refractivity contribution in [2.45, 2.75) is 13.8 Å². The monoisotopic (exact) mass is 159 g/mol. The van der Waals surface area contributed by atoms with Gasteiger partial charge in [0, 0.05) is 18.6 Å². The predicted octanol–water partition coefficient (Wildman–Crippen LogP) is 1.91. The SMILES string of the molecule is CC.[V].[c-]1ccncc1. The number of hydrogen-bond acceptors (Lipinski definition) is 1. The first kappa shape index (κ1) is 11.5. The van der Waals surface area contributed by atoms with E-state index in [1.54, 1.807) is 24.5 Å². The second-order valence-corrected chi connectivity index (χ2v) is 0.947. The molecule has 0 aromatic carbocycles. The molecular formula is C7H10NV-. The molecule has 1 rings (SSSR count). The van der Waals surface area contributed by atoms with E-state index >= 15 is 0 Å². The molecule has 0 N–H and O–H groups in total. The standard InChI is InChI=1S/C5H4N.C2H6.V/c1-2-4-6-5-3-1;1-2;/h2-5H;1-2H3;/q-1;;. The number of pyridine rings is 1. The fraction of sp³-hybridized carbons (Fsp3) is 0.286. The second-order valence-electron chi connectivity index (χ2n) is 0.947. The van der Waals surface area contributed by atoms with E-state index in [1.165, 1.54) is 0 Å². The van der Waals surface area contributed by atoms with Gasteiger partial charge in [-0.1, -0.05) is 26.2 Å². The Morgan fingerprint density at radius 2 is 1.56 bits per heavy atom. The second kappa shape index (κ2) is 10.7. The van der Waals surface area contributed by atoms with Gasteiger partial charge >= 0.3 is 0 Å². The van der Waals surface area contributed by atoms with E-state index < -0.39 is 0 Å². The maximum Gasteiger partial charge on any atom is 0 e. The van der Waals surface area contributed by atoms with Crippen molar-refractivity contribution in [3.63, 3.8) is 0 Å². The van der Waals surface area contributed by atoms with Gasteiger partial charge in [-0.05, 0) is 0 Å². The van der Waals surface area contributed by atoms with Crippen LogP contribution in [0.2, 0.25) is 0 Å². The summed E-state index contributed by atoms with van der Waals surface area (Å²) in [4.78, 5) is 3.75. The van der Waals surface area contributed by atoms with Crippen molar-refractivity contribution < 1.29 is 18.6 Å². The molecular weight excluding hydrogens is 149 g/mol. The minimum Gasteiger partial charge on any atom is -0.391 e. The van der Waals surface area contributed by atoms with Crippen LogP contribution < -0.4 is 0 Å². The molecule has 2 heteroatoms. The molecule has 0 unspecified atom stereocenters. The first-order valence-corrected chi connectivity index (χ1v) is 2.76. The van der Waals surface area contributed by atoms with Crippen molar-refractivity contribution in [1.82, 2.24) is 4.98 Å². The molecule has 49 valence electrons. The van der Waals surface area contributed by atoms with E-state index in [1.807, 2.05) is 13.8 Å². The minimum atomic E-state index is 0. The molecule has 0 aliphatic rings. The first-order valence-electron chi connectivity index (χ1n) is 2.76. The van der Waals surface area contributed by atoms with Gasteiger partial charge in [0.15, 0.2) is 0 Å². The summed E-state index contributed by atoms with van der Waals surface area (Å²) < 4.78 is 0. The van der Waals surface area contributed by atoms with Crippen LogP contribution in [0.5, 0.6) is 0 Å². The molecule has 0 bridgehead atoms. The van der Waals surface area contributed by atoms with Gasteiger partial charge in [-0.3, -0.25) is 0 Å². The largest absolute Gasteiger partial charge is 0.391 e. The Morgan fingerprint density at radius 1 is 1.11 bits per heavy atom. The summed E-state index contributed by atoms with van der Waals surface area (Å²) in [5, 5.41) is 0. The van der Waals surface area contributed by atoms with Crippen LogP contribution >= 0.6 is 0 Å². The molecule has 1 heterocycles. The van der Waals surface area contributed by atoms with Gasteiger partial charge in [0.05, 0.1) is 0 Å². The van der Waals surface area contributed by atoms with E-state index in [9.17, 15) is 0 Å². The van der Waals surface area contributed by atoms with Gasteiger partial charge in [-0.2, -0.15) is 18.2 Å². The summed E-state index contributed by atoms with van der Waals surface area (Å²) in [6, 6.07) is 6.36. The molecule has 0 aliphatic heterocycles. The van der Waals surface area contributed by atoms with Crippen LogP contribution in [0.3, 0.4) is 0 Å². The van der Waals surface area contributed by atoms with Crippen LogP contribution in [0.4, 0.5) is 0 Å². The maximum absolute atomic E-state index is 3.75. The summed E-state index contributed by atoms with van der Waals surface area (Å²) >= 11 is 0. The number of aromatic nitrogens is 1. The van der Waals surface area contributed by atoms with Crippen LogP contribution in [0.25, 0.3) is 0 Å². The third-order valence-corrected chi connectivity index (χ3v) is 0.514. The molecule has 9 heavy (non-hydrogen) atoms. The van der Waals surface area contributed by atoms with E-state index in [0.717, 1.165) is 0 Å². The number of hydrogen-bond donors (Lipinski definition) is 0. The van der Waals surface area contributed by atoms with Gasteiger partial charge in [0.25, 0.3) is 0 Å². The van der Waals surface area contributed by atoms with Gasteiger partial charge in [0.2, 0.25) is 0 Å². The van der Waals surface area contributed by atoms with Crippen LogP contribution in [-0.2, 0) is 18.6 Å². The molecule has 1 nitrogen and oxygen atoms in total. The summed E-state index contributed by atoms with van der Waals surface area (Å²) in [5.41, 5.74) is 0. The van der Waals surface area contributed by atoms with Crippen molar-refractivity contribution in [3.05, 3.63) is 30.6 Å². The van der Waals surface area contributed by atoms with Crippen molar-refractivity contribution in [2.24, 2.45) is 0 Å². The van der Waals surface area contributed by atoms with Crippen molar-refractivity contribution >= 4 is 0 Å². The normalized spacial score (nSPS) is 6.00. The zero-order valence-corrected chi connectivity index (χ0v) is 7.10. The van der Waals surface area contributed by atoms with E-state index in [4.69, 9.17) is 0 Å². The fourth-order valence-electron chi connectivity index (χ4n) is 0.277. The summed E-state index contributed by atoms with van der Waals surface area (Å²) in [6.07, 6.45) is 3.39. The zero-order chi connectivity index (χ0) is 6.24. The molecule has 0 spiro atoms. The Kier molecular flexibility index (Phi) is 13.7. The van der Waals surface area contributed by atoms with Crippen molar-refractivity contribution in [1.29, 1.82) is 0 Å². The maximum atomic E-state index is 3.75. The third-order valence-electron chi connectivity index (χ3n) is 0.514. The molecule has 0 atom stereocenters. The first-order chi connectivity index (χ1) is 4.00. The average Bonchev–Trinajstić information content (AvgIpc) is 1.96. The summed E-state index contributed by atoms with van der Waals surface area (Å²) in [7, 11) is 0. The summed E-state index contributed by atoms with van der Waals surface area (Å²) in [6.45, 7) is 4.00. The minimum absolute atomic E-state index is 0. The van der Waals surface area contributed by atoms with E-state index in [0.29, 0.717) is 0 Å². The van der Waals surface area contributed by atoms with Gasteiger partial charge in [-0.15, -0.1) is 0 Å². The molecule has 0 saturated heterocycles. The average molecular weight is 159 g/mol. The zero-order valence-electron chi connectivity index (χ0n) is 5.70. The van der Waals surface area contributed by atoms with Gasteiger partial charge in [-0.25, -0.2) is 0 Å². The Labute approximate surface area is 68.4 Å². The van der Waals surface area contributed by atoms with Crippen LogP contribution in [0.15, 0.2) is 24.5 Å². The topological polar surface area (TPSA) is 12.9 Å². The molecule has 0 saturated carbocycles. The molecule has 1 aromatic heterocycles. The Hall–Kier alpha value is -0.266. The van der Waals surface area contributed by atoms with E-state index in [2.05, 4.69) is 11.1 Å². The quantitative estimate of drug-likeness (QED) is 0.527. The Balaban J connectivity index is 0. The molecule has 1 radical (unpaired) electrons. The van der Waals surface area contributed by atoms with Crippen molar-refractivity contribution in [3.8, 4) is 0 Å². The third kappa shape index (κ3) is 7.73. The smallest absolute Gasteiger partial charge is 0 e. The van der Waals surface area contributed by atoms with Crippen LogP contribution in [-0.4, -0.2) is 4.98 Å². The fourth-order valence-corrected chi connectivity index (χ4v) is 0.277. The summed E-state index contributed by atoms with van der Waals surface area (Å²) in [5.74, 6) is 0. The Morgan fingerprint density at radius 3 is 1.67 bits per heavy atom. The molecule has 0 amide bonds. The van der Waals surface area contributed by atoms with Crippen LogP contribution in [0, 0.1) is 6.07 Å². The van der Waals surface area contributed by atoms with E-state index in [-0.39, 0.29) is 18.6 Å². The molecule has 1 aromatic rings. The van der Waals surface area contributed by atoms with Gasteiger partial charge < -0.3 is 4.98 Å². The number of nitrogens with zero attached hydrogens (tertiary/aromatic N) is 1.